The molecular weight excluding hydrogens is 445 g/mol. The molecule has 3 aromatic rings. The number of carbonyl (C=O) groups is 2. The number of carbonyl (C=O) groups excluding carboxylic acids is 2. The number of hydrogen-bond acceptors (Lipinski definition) is 5. The molecule has 0 fully saturated rings. The minimum atomic E-state index is -4.80. The molecule has 1 N–H and O–H groups in total. The topological polar surface area (TPSA) is 71.8 Å². The Balaban J connectivity index is 1.55. The molecule has 166 valence electrons. The molecule has 32 heavy (non-hydrogen) atoms. The molecule has 6 nitrogen and oxygen atoms in total. The van der Waals surface area contributed by atoms with Gasteiger partial charge in [0, 0.05) is 10.5 Å². The fourth-order valence-electron chi connectivity index (χ4n) is 3.22. The van der Waals surface area contributed by atoms with Crippen molar-refractivity contribution < 1.29 is 31.9 Å². The van der Waals surface area contributed by atoms with E-state index in [0.29, 0.717) is 22.6 Å². The fraction of sp³-hybridized carbons (Fsp3) is 0.182. The minimum absolute atomic E-state index is 0.0406. The normalized spacial score (nSPS) is 13.6. The van der Waals surface area contributed by atoms with Gasteiger partial charge in [0.15, 0.2) is 0 Å². The standard InChI is InChI=1S/C22H17F3N2O4S/c23-22(24,25)31-16-4-1-3-14(9-16)12-27-18-10-15(6-7-19(18)32-13-20(27)28)21(29)26-11-17-5-2-8-30-17/h1-10H,11-13H2,(H,26,29). The van der Waals surface area contributed by atoms with Gasteiger partial charge in [0.05, 0.1) is 30.8 Å². The summed E-state index contributed by atoms with van der Waals surface area (Å²) in [6.07, 6.45) is -3.30. The Labute approximate surface area is 185 Å². The predicted octanol–water partition coefficient (Wildman–Crippen LogP) is 4.75. The number of hydrogen-bond donors (Lipinski definition) is 1. The number of fused-ring (bicyclic) bond motifs is 1. The van der Waals surface area contributed by atoms with E-state index in [2.05, 4.69) is 10.1 Å². The molecule has 0 bridgehead atoms. The van der Waals surface area contributed by atoms with Crippen LogP contribution in [-0.2, 0) is 17.9 Å². The summed E-state index contributed by atoms with van der Waals surface area (Å²) in [5.41, 5.74) is 1.34. The van der Waals surface area contributed by atoms with Gasteiger partial charge in [0.2, 0.25) is 5.91 Å². The summed E-state index contributed by atoms with van der Waals surface area (Å²) in [5, 5.41) is 2.75. The molecule has 1 aliphatic rings. The maximum atomic E-state index is 12.6. The maximum Gasteiger partial charge on any atom is 0.573 e. The van der Waals surface area contributed by atoms with Gasteiger partial charge in [-0.1, -0.05) is 12.1 Å². The number of halogens is 3. The summed E-state index contributed by atoms with van der Waals surface area (Å²) in [4.78, 5) is 27.4. The Bertz CT molecular complexity index is 1130. The first-order valence-corrected chi connectivity index (χ1v) is 10.5. The first kappa shape index (κ1) is 21.8. The molecule has 2 aromatic carbocycles. The van der Waals surface area contributed by atoms with Gasteiger partial charge in [0.1, 0.15) is 11.5 Å². The van der Waals surface area contributed by atoms with Crippen LogP contribution in [0.3, 0.4) is 0 Å². The van der Waals surface area contributed by atoms with Gasteiger partial charge >= 0.3 is 6.36 Å². The van der Waals surface area contributed by atoms with E-state index in [1.165, 1.54) is 41.1 Å². The highest BCUT2D eigenvalue weighted by Crippen LogP contribution is 2.37. The van der Waals surface area contributed by atoms with E-state index in [4.69, 9.17) is 4.42 Å². The first-order chi connectivity index (χ1) is 15.3. The monoisotopic (exact) mass is 462 g/mol. The predicted molar refractivity (Wildman–Crippen MR) is 111 cm³/mol. The summed E-state index contributed by atoms with van der Waals surface area (Å²) in [7, 11) is 0. The maximum absolute atomic E-state index is 12.6. The van der Waals surface area contributed by atoms with Crippen molar-refractivity contribution in [1.82, 2.24) is 5.32 Å². The third-order valence-electron chi connectivity index (χ3n) is 4.64. The van der Waals surface area contributed by atoms with Crippen molar-refractivity contribution in [3.8, 4) is 5.75 Å². The van der Waals surface area contributed by atoms with Crippen LogP contribution in [0.4, 0.5) is 18.9 Å². The van der Waals surface area contributed by atoms with Crippen LogP contribution in [0.1, 0.15) is 21.7 Å². The van der Waals surface area contributed by atoms with Crippen LogP contribution in [0, 0.1) is 0 Å². The highest BCUT2D eigenvalue weighted by Gasteiger charge is 2.31. The molecule has 0 unspecified atom stereocenters. The molecule has 0 saturated heterocycles. The largest absolute Gasteiger partial charge is 0.573 e. The lowest BCUT2D eigenvalue weighted by Crippen LogP contribution is -2.35. The third kappa shape index (κ3) is 5.25. The second-order valence-electron chi connectivity index (χ2n) is 6.91. The highest BCUT2D eigenvalue weighted by molar-refractivity contribution is 8.00. The Hall–Kier alpha value is -3.40. The fourth-order valence-corrected chi connectivity index (χ4v) is 4.14. The van der Waals surface area contributed by atoms with Gasteiger partial charge in [-0.25, -0.2) is 0 Å². The van der Waals surface area contributed by atoms with Crippen molar-refractivity contribution in [2.24, 2.45) is 0 Å². The molecule has 1 aliphatic heterocycles. The number of rotatable bonds is 6. The Morgan fingerprint density at radius 2 is 2.00 bits per heavy atom. The Morgan fingerprint density at radius 1 is 1.16 bits per heavy atom. The summed E-state index contributed by atoms with van der Waals surface area (Å²) < 4.78 is 46.8. The molecule has 0 saturated carbocycles. The molecule has 2 amide bonds. The number of furan rings is 1. The molecule has 1 aromatic heterocycles. The van der Waals surface area contributed by atoms with Crippen molar-refractivity contribution in [3.05, 3.63) is 77.7 Å². The van der Waals surface area contributed by atoms with E-state index >= 15 is 0 Å². The van der Waals surface area contributed by atoms with Crippen molar-refractivity contribution in [2.45, 2.75) is 24.3 Å². The number of amides is 2. The van der Waals surface area contributed by atoms with Gasteiger partial charge in [-0.3, -0.25) is 9.59 Å². The van der Waals surface area contributed by atoms with Gasteiger partial charge < -0.3 is 19.4 Å². The first-order valence-electron chi connectivity index (χ1n) is 9.51. The second kappa shape index (κ2) is 8.99. The molecule has 10 heteroatoms. The smallest absolute Gasteiger partial charge is 0.467 e. The summed E-state index contributed by atoms with van der Waals surface area (Å²) >= 11 is 1.34. The van der Waals surface area contributed by atoms with E-state index in [9.17, 15) is 22.8 Å². The summed E-state index contributed by atoms with van der Waals surface area (Å²) in [6.45, 7) is 0.255. The third-order valence-corrected chi connectivity index (χ3v) is 5.69. The van der Waals surface area contributed by atoms with E-state index in [1.54, 1.807) is 36.4 Å². The van der Waals surface area contributed by atoms with Crippen molar-refractivity contribution in [3.63, 3.8) is 0 Å². The van der Waals surface area contributed by atoms with E-state index in [1.807, 2.05) is 0 Å². The number of anilines is 1. The molecule has 4 rings (SSSR count). The average molecular weight is 462 g/mol. The second-order valence-corrected chi connectivity index (χ2v) is 7.93. The number of ether oxygens (including phenoxy) is 1. The van der Waals surface area contributed by atoms with Crippen LogP contribution < -0.4 is 15.0 Å². The van der Waals surface area contributed by atoms with Crippen LogP contribution in [0.15, 0.2) is 70.2 Å². The zero-order valence-corrected chi connectivity index (χ0v) is 17.3. The number of nitrogens with zero attached hydrogens (tertiary/aromatic N) is 1. The lowest BCUT2D eigenvalue weighted by molar-refractivity contribution is -0.274. The molecule has 0 atom stereocenters. The molecule has 0 spiro atoms. The average Bonchev–Trinajstić information content (AvgIpc) is 3.26. The van der Waals surface area contributed by atoms with Gasteiger partial charge in [-0.2, -0.15) is 0 Å². The van der Waals surface area contributed by atoms with Crippen LogP contribution in [-0.4, -0.2) is 23.9 Å². The lowest BCUT2D eigenvalue weighted by atomic mass is 10.1. The quantitative estimate of drug-likeness (QED) is 0.573. The zero-order chi connectivity index (χ0) is 22.7. The lowest BCUT2D eigenvalue weighted by Gasteiger charge is -2.29. The zero-order valence-electron chi connectivity index (χ0n) is 16.5. The summed E-state index contributed by atoms with van der Waals surface area (Å²) in [5.74, 6) is -0.120. The van der Waals surface area contributed by atoms with Gasteiger partial charge in [-0.05, 0) is 48.0 Å². The molecular formula is C22H17F3N2O4S. The van der Waals surface area contributed by atoms with Crippen molar-refractivity contribution >= 4 is 29.3 Å². The van der Waals surface area contributed by atoms with Crippen LogP contribution in [0.25, 0.3) is 0 Å². The number of benzene rings is 2. The van der Waals surface area contributed by atoms with Crippen molar-refractivity contribution in [1.29, 1.82) is 0 Å². The molecule has 2 heterocycles. The molecule has 0 aliphatic carbocycles. The highest BCUT2D eigenvalue weighted by atomic mass is 32.2. The summed E-state index contributed by atoms with van der Waals surface area (Å²) in [6, 6.07) is 13.9. The van der Waals surface area contributed by atoms with Gasteiger partial charge in [-0.15, -0.1) is 24.9 Å². The SMILES string of the molecule is O=C(NCc1ccco1)c1ccc2c(c1)N(Cc1cccc(OC(F)(F)F)c1)C(=O)CS2. The Morgan fingerprint density at radius 3 is 2.75 bits per heavy atom. The van der Waals surface area contributed by atoms with E-state index in [-0.39, 0.29) is 36.4 Å². The van der Waals surface area contributed by atoms with Crippen LogP contribution >= 0.6 is 11.8 Å². The van der Waals surface area contributed by atoms with Crippen LogP contribution in [0.5, 0.6) is 5.75 Å². The van der Waals surface area contributed by atoms with E-state index < -0.39 is 6.36 Å². The van der Waals surface area contributed by atoms with Crippen molar-refractivity contribution in [2.75, 3.05) is 10.7 Å². The van der Waals surface area contributed by atoms with E-state index in [0.717, 1.165) is 4.90 Å². The van der Waals surface area contributed by atoms with Crippen LogP contribution in [0.2, 0.25) is 0 Å². The number of alkyl halides is 3. The van der Waals surface area contributed by atoms with Gasteiger partial charge in [0.25, 0.3) is 5.91 Å². The number of nitrogens with one attached hydrogen (secondary N) is 1. The number of thioether (sulfide) groups is 1. The Kier molecular flexibility index (Phi) is 6.13. The molecule has 0 radical (unpaired) electrons. The minimum Gasteiger partial charge on any atom is -0.467 e.